The summed E-state index contributed by atoms with van der Waals surface area (Å²) in [5.41, 5.74) is 1.37. The molecule has 0 aliphatic rings. The van der Waals surface area contributed by atoms with Crippen molar-refractivity contribution >= 4 is 29.3 Å². The quantitative estimate of drug-likeness (QED) is 0.793. The van der Waals surface area contributed by atoms with E-state index in [2.05, 4.69) is 10.6 Å². The normalized spacial score (nSPS) is 11.6. The first-order chi connectivity index (χ1) is 12.0. The minimum atomic E-state index is -0.690. The molecule has 0 saturated carbocycles. The number of carbonyl (C=O) groups is 2. The van der Waals surface area contributed by atoms with Gasteiger partial charge in [0.25, 0.3) is 5.91 Å². The Labute approximate surface area is 151 Å². The van der Waals surface area contributed by atoms with Crippen molar-refractivity contribution in [2.45, 2.75) is 19.4 Å². The van der Waals surface area contributed by atoms with Crippen molar-refractivity contribution in [1.82, 2.24) is 5.32 Å². The molecule has 0 fully saturated rings. The fourth-order valence-corrected chi connectivity index (χ4v) is 2.71. The number of benzene rings is 2. The second-order valence-corrected chi connectivity index (χ2v) is 6.61. The average Bonchev–Trinajstić information content (AvgIpc) is 2.62. The van der Waals surface area contributed by atoms with E-state index < -0.39 is 6.04 Å². The summed E-state index contributed by atoms with van der Waals surface area (Å²) < 4.78 is 13.6. The summed E-state index contributed by atoms with van der Waals surface area (Å²) in [6.45, 7) is 1.66. The van der Waals surface area contributed by atoms with Crippen molar-refractivity contribution in [3.8, 4) is 0 Å². The molecule has 0 aliphatic heterocycles. The number of carbonyl (C=O) groups excluding carboxylic acids is 2. The van der Waals surface area contributed by atoms with Crippen LogP contribution in [0.15, 0.2) is 48.5 Å². The minimum Gasteiger partial charge on any atom is -0.340 e. The van der Waals surface area contributed by atoms with E-state index in [1.807, 2.05) is 12.3 Å². The van der Waals surface area contributed by atoms with Gasteiger partial charge >= 0.3 is 0 Å². The Morgan fingerprint density at radius 1 is 1.16 bits per heavy atom. The van der Waals surface area contributed by atoms with Gasteiger partial charge in [-0.25, -0.2) is 4.39 Å². The zero-order chi connectivity index (χ0) is 18.2. The highest BCUT2D eigenvalue weighted by Crippen LogP contribution is 2.14. The summed E-state index contributed by atoms with van der Waals surface area (Å²) in [6, 6.07) is 12.6. The smallest absolute Gasteiger partial charge is 0.251 e. The van der Waals surface area contributed by atoms with Gasteiger partial charge < -0.3 is 10.6 Å². The van der Waals surface area contributed by atoms with E-state index in [1.54, 1.807) is 55.1 Å². The van der Waals surface area contributed by atoms with E-state index in [0.717, 1.165) is 5.75 Å². The van der Waals surface area contributed by atoms with Crippen molar-refractivity contribution in [3.63, 3.8) is 0 Å². The maximum absolute atomic E-state index is 13.6. The monoisotopic (exact) mass is 360 g/mol. The molecule has 2 aromatic carbocycles. The van der Waals surface area contributed by atoms with E-state index in [4.69, 9.17) is 0 Å². The minimum absolute atomic E-state index is 0.308. The molecule has 0 bridgehead atoms. The number of rotatable bonds is 7. The number of aryl methyl sites for hydroxylation is 1. The van der Waals surface area contributed by atoms with E-state index in [-0.39, 0.29) is 17.6 Å². The van der Waals surface area contributed by atoms with Gasteiger partial charge in [0.05, 0.1) is 0 Å². The van der Waals surface area contributed by atoms with Crippen LogP contribution < -0.4 is 10.6 Å². The molecule has 2 N–H and O–H groups in total. The largest absolute Gasteiger partial charge is 0.340 e. The molecule has 0 spiro atoms. The van der Waals surface area contributed by atoms with Crippen LogP contribution in [-0.4, -0.2) is 29.9 Å². The lowest BCUT2D eigenvalue weighted by molar-refractivity contribution is -0.118. The fourth-order valence-electron chi connectivity index (χ4n) is 2.24. The fraction of sp³-hybridized carbons (Fsp3) is 0.263. The lowest BCUT2D eigenvalue weighted by atomic mass is 10.1. The second-order valence-electron chi connectivity index (χ2n) is 5.63. The zero-order valence-corrected chi connectivity index (χ0v) is 15.0. The lowest BCUT2D eigenvalue weighted by Crippen LogP contribution is -2.44. The highest BCUT2D eigenvalue weighted by Gasteiger charge is 2.21. The number of anilines is 1. The molecule has 0 aromatic heterocycles. The van der Waals surface area contributed by atoms with Crippen molar-refractivity contribution < 1.29 is 14.0 Å². The van der Waals surface area contributed by atoms with E-state index in [0.29, 0.717) is 23.2 Å². The summed E-state index contributed by atoms with van der Waals surface area (Å²) >= 11 is 1.59. The molecule has 0 heterocycles. The van der Waals surface area contributed by atoms with E-state index in [1.165, 1.54) is 6.07 Å². The Balaban J connectivity index is 2.08. The van der Waals surface area contributed by atoms with Gasteiger partial charge in [0, 0.05) is 11.3 Å². The molecular weight excluding hydrogens is 339 g/mol. The van der Waals surface area contributed by atoms with Gasteiger partial charge in [0.15, 0.2) is 0 Å². The predicted molar refractivity (Wildman–Crippen MR) is 100 cm³/mol. The maximum Gasteiger partial charge on any atom is 0.251 e. The van der Waals surface area contributed by atoms with Gasteiger partial charge in [-0.1, -0.05) is 24.3 Å². The Morgan fingerprint density at radius 2 is 1.88 bits per heavy atom. The molecule has 0 saturated heterocycles. The van der Waals surface area contributed by atoms with Gasteiger partial charge in [0.1, 0.15) is 11.9 Å². The second kappa shape index (κ2) is 9.22. The molecule has 1 atom stereocenters. The van der Waals surface area contributed by atoms with Crippen LogP contribution in [0.1, 0.15) is 22.3 Å². The van der Waals surface area contributed by atoms with Gasteiger partial charge in [-0.15, -0.1) is 0 Å². The molecule has 25 heavy (non-hydrogen) atoms. The Morgan fingerprint density at radius 3 is 2.52 bits per heavy atom. The Hall–Kier alpha value is -2.34. The third kappa shape index (κ3) is 5.60. The molecule has 4 nitrogen and oxygen atoms in total. The summed E-state index contributed by atoms with van der Waals surface area (Å²) in [5.74, 6) is -0.333. The van der Waals surface area contributed by atoms with Crippen LogP contribution in [0, 0.1) is 12.7 Å². The summed E-state index contributed by atoms with van der Waals surface area (Å²) in [4.78, 5) is 24.8. The summed E-state index contributed by atoms with van der Waals surface area (Å²) in [6.07, 6.45) is 2.42. The number of hydrogen-bond acceptors (Lipinski definition) is 3. The van der Waals surface area contributed by atoms with Crippen molar-refractivity contribution in [1.29, 1.82) is 0 Å². The van der Waals surface area contributed by atoms with Gasteiger partial charge in [0.2, 0.25) is 5.91 Å². The standard InChI is InChI=1S/C19H21FN2O2S/c1-13-8-9-15(12-16(13)20)21-19(24)17(10-11-25-2)22-18(23)14-6-4-3-5-7-14/h3-9,12,17H,10-11H2,1-2H3,(H,21,24)(H,22,23). The highest BCUT2D eigenvalue weighted by atomic mass is 32.2. The van der Waals surface area contributed by atoms with Crippen LogP contribution in [0.25, 0.3) is 0 Å². The topological polar surface area (TPSA) is 58.2 Å². The van der Waals surface area contributed by atoms with Crippen LogP contribution in [0.3, 0.4) is 0 Å². The molecule has 6 heteroatoms. The highest BCUT2D eigenvalue weighted by molar-refractivity contribution is 7.98. The molecule has 132 valence electrons. The first-order valence-corrected chi connectivity index (χ1v) is 9.32. The average molecular weight is 360 g/mol. The van der Waals surface area contributed by atoms with Crippen LogP contribution in [0.5, 0.6) is 0 Å². The Kier molecular flexibility index (Phi) is 7.01. The molecule has 0 aliphatic carbocycles. The molecule has 2 amide bonds. The number of amides is 2. The number of halogens is 1. The van der Waals surface area contributed by atoms with Crippen LogP contribution in [0.2, 0.25) is 0 Å². The number of nitrogens with one attached hydrogen (secondary N) is 2. The first kappa shape index (κ1) is 19.0. The predicted octanol–water partition coefficient (Wildman–Crippen LogP) is 3.62. The first-order valence-electron chi connectivity index (χ1n) is 7.93. The van der Waals surface area contributed by atoms with Crippen molar-refractivity contribution in [3.05, 3.63) is 65.5 Å². The number of thioether (sulfide) groups is 1. The molecule has 1 unspecified atom stereocenters. The molecule has 2 aromatic rings. The van der Waals surface area contributed by atoms with E-state index in [9.17, 15) is 14.0 Å². The van der Waals surface area contributed by atoms with Crippen LogP contribution in [-0.2, 0) is 4.79 Å². The maximum atomic E-state index is 13.6. The molecular formula is C19H21FN2O2S. The summed E-state index contributed by atoms with van der Waals surface area (Å²) in [5, 5.41) is 5.43. The molecule has 0 radical (unpaired) electrons. The van der Waals surface area contributed by atoms with Crippen LogP contribution >= 0.6 is 11.8 Å². The SMILES string of the molecule is CSCCC(NC(=O)c1ccccc1)C(=O)Nc1ccc(C)c(F)c1. The lowest BCUT2D eigenvalue weighted by Gasteiger charge is -2.18. The van der Waals surface area contributed by atoms with Gasteiger partial charge in [-0.3, -0.25) is 9.59 Å². The summed E-state index contributed by atoms with van der Waals surface area (Å²) in [7, 11) is 0. The van der Waals surface area contributed by atoms with Gasteiger partial charge in [-0.2, -0.15) is 11.8 Å². The third-order valence-corrected chi connectivity index (χ3v) is 4.35. The third-order valence-electron chi connectivity index (χ3n) is 3.71. The van der Waals surface area contributed by atoms with Crippen LogP contribution in [0.4, 0.5) is 10.1 Å². The zero-order valence-electron chi connectivity index (χ0n) is 14.2. The van der Waals surface area contributed by atoms with Gasteiger partial charge in [-0.05, 0) is 55.2 Å². The number of hydrogen-bond donors (Lipinski definition) is 2. The van der Waals surface area contributed by atoms with Crippen molar-refractivity contribution in [2.75, 3.05) is 17.3 Å². The Bertz CT molecular complexity index is 737. The molecule has 2 rings (SSSR count). The van der Waals surface area contributed by atoms with E-state index >= 15 is 0 Å². The van der Waals surface area contributed by atoms with Crippen molar-refractivity contribution in [2.24, 2.45) is 0 Å².